The summed E-state index contributed by atoms with van der Waals surface area (Å²) in [6, 6.07) is 0.105. The van der Waals surface area contributed by atoms with E-state index in [0.29, 0.717) is 5.84 Å². The monoisotopic (exact) mass is 256 g/mol. The Morgan fingerprint density at radius 1 is 1.22 bits per heavy atom. The molecule has 0 aromatic heterocycles. The molecule has 0 amide bonds. The molecular formula is C13H28N4O. The molecule has 5 nitrogen and oxygen atoms in total. The highest BCUT2D eigenvalue weighted by Crippen LogP contribution is 2.12. The predicted molar refractivity (Wildman–Crippen MR) is 75.0 cm³/mol. The predicted octanol–water partition coefficient (Wildman–Crippen LogP) is 1.32. The lowest BCUT2D eigenvalue weighted by Crippen LogP contribution is -2.54. The summed E-state index contributed by atoms with van der Waals surface area (Å²) in [5, 5.41) is 12.0. The molecule has 1 aliphatic heterocycles. The number of amidine groups is 1. The van der Waals surface area contributed by atoms with Crippen molar-refractivity contribution >= 4 is 5.84 Å². The van der Waals surface area contributed by atoms with Gasteiger partial charge in [-0.15, -0.1) is 0 Å². The molecule has 0 aromatic carbocycles. The van der Waals surface area contributed by atoms with Crippen LogP contribution in [0.4, 0.5) is 0 Å². The SMILES string of the molecule is CCCCN1CCN(C(CCC)/C(N)=N/O)CC1. The average Bonchev–Trinajstić information content (AvgIpc) is 2.42. The molecule has 1 saturated heterocycles. The Bertz CT molecular complexity index is 249. The van der Waals surface area contributed by atoms with Crippen LogP contribution in [0.25, 0.3) is 0 Å². The fourth-order valence-corrected chi connectivity index (χ4v) is 2.54. The highest BCUT2D eigenvalue weighted by molar-refractivity contribution is 5.85. The van der Waals surface area contributed by atoms with E-state index in [-0.39, 0.29) is 6.04 Å². The first-order valence-electron chi connectivity index (χ1n) is 7.16. The van der Waals surface area contributed by atoms with Crippen molar-refractivity contribution < 1.29 is 5.21 Å². The molecule has 0 spiro atoms. The van der Waals surface area contributed by atoms with Crippen LogP contribution in [0.15, 0.2) is 5.16 Å². The third kappa shape index (κ3) is 4.46. The van der Waals surface area contributed by atoms with E-state index in [1.165, 1.54) is 19.4 Å². The van der Waals surface area contributed by atoms with Gasteiger partial charge in [-0.3, -0.25) is 4.90 Å². The van der Waals surface area contributed by atoms with Crippen molar-refractivity contribution in [3.8, 4) is 0 Å². The summed E-state index contributed by atoms with van der Waals surface area (Å²) in [5.74, 6) is 0.360. The van der Waals surface area contributed by atoms with Gasteiger partial charge < -0.3 is 15.8 Å². The van der Waals surface area contributed by atoms with Crippen LogP contribution in [0.5, 0.6) is 0 Å². The van der Waals surface area contributed by atoms with Gasteiger partial charge >= 0.3 is 0 Å². The van der Waals surface area contributed by atoms with Crippen molar-refractivity contribution in [2.45, 2.75) is 45.6 Å². The molecule has 0 bridgehead atoms. The number of rotatable bonds is 7. The van der Waals surface area contributed by atoms with E-state index < -0.39 is 0 Å². The number of oxime groups is 1. The summed E-state index contributed by atoms with van der Waals surface area (Å²) < 4.78 is 0. The van der Waals surface area contributed by atoms with E-state index in [4.69, 9.17) is 10.9 Å². The molecule has 106 valence electrons. The van der Waals surface area contributed by atoms with Crippen molar-refractivity contribution in [2.24, 2.45) is 10.9 Å². The Morgan fingerprint density at radius 2 is 1.89 bits per heavy atom. The number of piperazine rings is 1. The quantitative estimate of drug-likeness (QED) is 0.312. The van der Waals surface area contributed by atoms with E-state index >= 15 is 0 Å². The molecule has 1 heterocycles. The Balaban J connectivity index is 2.43. The van der Waals surface area contributed by atoms with Gasteiger partial charge in [-0.2, -0.15) is 0 Å². The molecule has 0 aliphatic carbocycles. The maximum absolute atomic E-state index is 8.86. The minimum Gasteiger partial charge on any atom is -0.409 e. The molecule has 1 fully saturated rings. The Kier molecular flexibility index (Phi) is 7.05. The van der Waals surface area contributed by atoms with Gasteiger partial charge in [-0.05, 0) is 19.4 Å². The van der Waals surface area contributed by atoms with E-state index in [1.807, 2.05) is 0 Å². The van der Waals surface area contributed by atoms with Crippen LogP contribution in [-0.4, -0.2) is 59.6 Å². The van der Waals surface area contributed by atoms with Crippen molar-refractivity contribution in [1.82, 2.24) is 9.80 Å². The van der Waals surface area contributed by atoms with Crippen molar-refractivity contribution in [3.63, 3.8) is 0 Å². The lowest BCUT2D eigenvalue weighted by Gasteiger charge is -2.38. The van der Waals surface area contributed by atoms with Gasteiger partial charge in [0.2, 0.25) is 0 Å². The molecule has 3 N–H and O–H groups in total. The zero-order valence-corrected chi connectivity index (χ0v) is 11.8. The molecule has 0 radical (unpaired) electrons. The van der Waals surface area contributed by atoms with Crippen LogP contribution in [0.3, 0.4) is 0 Å². The molecule has 1 rings (SSSR count). The molecule has 1 unspecified atom stereocenters. The number of nitrogens with zero attached hydrogens (tertiary/aromatic N) is 3. The second-order valence-corrected chi connectivity index (χ2v) is 5.06. The van der Waals surface area contributed by atoms with Crippen LogP contribution < -0.4 is 5.73 Å². The lowest BCUT2D eigenvalue weighted by atomic mass is 10.1. The van der Waals surface area contributed by atoms with Gasteiger partial charge in [0.25, 0.3) is 0 Å². The lowest BCUT2D eigenvalue weighted by molar-refractivity contribution is 0.111. The first kappa shape index (κ1) is 15.2. The van der Waals surface area contributed by atoms with Gasteiger partial charge in [0, 0.05) is 26.2 Å². The summed E-state index contributed by atoms with van der Waals surface area (Å²) in [4.78, 5) is 4.86. The van der Waals surface area contributed by atoms with E-state index in [0.717, 1.165) is 39.0 Å². The highest BCUT2D eigenvalue weighted by Gasteiger charge is 2.25. The maximum Gasteiger partial charge on any atom is 0.156 e. The van der Waals surface area contributed by atoms with Gasteiger partial charge in [0.05, 0.1) is 6.04 Å². The Morgan fingerprint density at radius 3 is 2.39 bits per heavy atom. The first-order chi connectivity index (χ1) is 8.72. The molecule has 0 saturated carbocycles. The molecule has 1 aliphatic rings. The van der Waals surface area contributed by atoms with Gasteiger partial charge in [-0.1, -0.05) is 31.8 Å². The second kappa shape index (κ2) is 8.32. The number of nitrogens with two attached hydrogens (primary N) is 1. The molecule has 5 heteroatoms. The van der Waals surface area contributed by atoms with E-state index in [9.17, 15) is 0 Å². The third-order valence-electron chi connectivity index (χ3n) is 3.69. The fraction of sp³-hybridized carbons (Fsp3) is 0.923. The Labute approximate surface area is 111 Å². The van der Waals surface area contributed by atoms with Crippen LogP contribution >= 0.6 is 0 Å². The zero-order valence-electron chi connectivity index (χ0n) is 11.8. The van der Waals surface area contributed by atoms with Crippen LogP contribution in [0.2, 0.25) is 0 Å². The van der Waals surface area contributed by atoms with Crippen LogP contribution in [-0.2, 0) is 0 Å². The van der Waals surface area contributed by atoms with Crippen LogP contribution in [0, 0.1) is 0 Å². The largest absolute Gasteiger partial charge is 0.409 e. The summed E-state index contributed by atoms with van der Waals surface area (Å²) >= 11 is 0. The third-order valence-corrected chi connectivity index (χ3v) is 3.69. The minimum absolute atomic E-state index is 0.105. The van der Waals surface area contributed by atoms with Crippen LogP contribution in [0.1, 0.15) is 39.5 Å². The number of hydrogen-bond acceptors (Lipinski definition) is 4. The average molecular weight is 256 g/mol. The summed E-state index contributed by atoms with van der Waals surface area (Å²) in [6.07, 6.45) is 4.54. The fourth-order valence-electron chi connectivity index (χ4n) is 2.54. The zero-order chi connectivity index (χ0) is 13.4. The Hall–Kier alpha value is -0.810. The van der Waals surface area contributed by atoms with Crippen molar-refractivity contribution in [3.05, 3.63) is 0 Å². The number of unbranched alkanes of at least 4 members (excludes halogenated alkanes) is 1. The normalized spacial score (nSPS) is 21.1. The second-order valence-electron chi connectivity index (χ2n) is 5.06. The number of hydrogen-bond donors (Lipinski definition) is 2. The standard InChI is InChI=1S/C13H28N4O/c1-3-5-7-16-8-10-17(11-9-16)12(6-4-2)13(14)15-18/h12,18H,3-11H2,1-2H3,(H2,14,15). The molecule has 0 aromatic rings. The topological polar surface area (TPSA) is 65.1 Å². The summed E-state index contributed by atoms with van der Waals surface area (Å²) in [7, 11) is 0. The van der Waals surface area contributed by atoms with E-state index in [2.05, 4.69) is 28.8 Å². The van der Waals surface area contributed by atoms with Gasteiger partial charge in [-0.25, -0.2) is 0 Å². The van der Waals surface area contributed by atoms with Gasteiger partial charge in [0.1, 0.15) is 0 Å². The van der Waals surface area contributed by atoms with Gasteiger partial charge in [0.15, 0.2) is 5.84 Å². The molecule has 18 heavy (non-hydrogen) atoms. The molecular weight excluding hydrogens is 228 g/mol. The first-order valence-corrected chi connectivity index (χ1v) is 7.16. The minimum atomic E-state index is 0.105. The smallest absolute Gasteiger partial charge is 0.156 e. The van der Waals surface area contributed by atoms with E-state index in [1.54, 1.807) is 0 Å². The molecule has 1 atom stereocenters. The summed E-state index contributed by atoms with van der Waals surface area (Å²) in [5.41, 5.74) is 5.79. The maximum atomic E-state index is 8.86. The summed E-state index contributed by atoms with van der Waals surface area (Å²) in [6.45, 7) is 9.79. The highest BCUT2D eigenvalue weighted by atomic mass is 16.4. The van der Waals surface area contributed by atoms with Crippen molar-refractivity contribution in [2.75, 3.05) is 32.7 Å². The van der Waals surface area contributed by atoms with Crippen molar-refractivity contribution in [1.29, 1.82) is 0 Å².